The van der Waals surface area contributed by atoms with Crippen molar-refractivity contribution in [1.29, 1.82) is 0 Å². The number of aromatic nitrogens is 1. The van der Waals surface area contributed by atoms with Gasteiger partial charge in [-0.2, -0.15) is 0 Å². The molecule has 1 aliphatic carbocycles. The van der Waals surface area contributed by atoms with Crippen LogP contribution in [-0.2, 0) is 11.2 Å². The van der Waals surface area contributed by atoms with E-state index in [1.807, 2.05) is 4.90 Å². The highest BCUT2D eigenvalue weighted by atomic mass is 16.4. The molecule has 0 spiro atoms. The fourth-order valence-corrected chi connectivity index (χ4v) is 3.13. The number of nitrogens with one attached hydrogen (secondary N) is 1. The van der Waals surface area contributed by atoms with Gasteiger partial charge in [-0.15, -0.1) is 0 Å². The summed E-state index contributed by atoms with van der Waals surface area (Å²) in [5.74, 6) is -1.03. The molecule has 0 amide bonds. The zero-order valence-electron chi connectivity index (χ0n) is 12.3. The Balaban J connectivity index is 2.14. The Morgan fingerprint density at radius 1 is 1.59 bits per heavy atom. The first-order valence-electron chi connectivity index (χ1n) is 7.21. The van der Waals surface area contributed by atoms with Crippen molar-refractivity contribution in [3.05, 3.63) is 29.1 Å². The highest BCUT2D eigenvalue weighted by molar-refractivity contribution is 6.52. The number of aromatic amines is 1. The average Bonchev–Trinajstić information content (AvgIpc) is 2.93. The molecule has 0 saturated heterocycles. The van der Waals surface area contributed by atoms with E-state index in [0.29, 0.717) is 37.3 Å². The van der Waals surface area contributed by atoms with E-state index in [-0.39, 0.29) is 5.78 Å². The minimum atomic E-state index is -0.877. The Morgan fingerprint density at radius 3 is 3.00 bits per heavy atom. The molecule has 1 aromatic heterocycles. The highest BCUT2D eigenvalue weighted by Gasteiger charge is 2.39. The topological polar surface area (TPSA) is 112 Å². The number of carbonyl (C=O) groups excluding carboxylic acids is 1. The number of hydrogen-bond donors (Lipinski definition) is 3. The van der Waals surface area contributed by atoms with Crippen molar-refractivity contribution in [1.82, 2.24) is 9.88 Å². The summed E-state index contributed by atoms with van der Waals surface area (Å²) in [5.41, 5.74) is 8.82. The Labute approximate surface area is 127 Å². The SMILES string of the molecule is CN=C1C=C2c3c(c[nH]c3C1=O)C[C@@H](C(=O)O)N2CCCN. The van der Waals surface area contributed by atoms with E-state index in [4.69, 9.17) is 5.73 Å². The van der Waals surface area contributed by atoms with E-state index in [0.717, 1.165) is 16.8 Å². The smallest absolute Gasteiger partial charge is 0.326 e. The summed E-state index contributed by atoms with van der Waals surface area (Å²) in [6, 6.07) is -0.653. The molecule has 1 atom stereocenters. The molecule has 0 unspecified atom stereocenters. The summed E-state index contributed by atoms with van der Waals surface area (Å²) in [6.07, 6.45) is 4.47. The van der Waals surface area contributed by atoms with Crippen LogP contribution >= 0.6 is 0 Å². The van der Waals surface area contributed by atoms with Gasteiger partial charge in [0.1, 0.15) is 11.8 Å². The molecule has 4 N–H and O–H groups in total. The van der Waals surface area contributed by atoms with Gasteiger partial charge in [0.15, 0.2) is 0 Å². The largest absolute Gasteiger partial charge is 0.480 e. The first-order chi connectivity index (χ1) is 10.6. The van der Waals surface area contributed by atoms with Crippen LogP contribution in [0, 0.1) is 0 Å². The van der Waals surface area contributed by atoms with Crippen molar-refractivity contribution in [3.63, 3.8) is 0 Å². The van der Waals surface area contributed by atoms with E-state index in [1.54, 1.807) is 19.3 Å². The second-order valence-corrected chi connectivity index (χ2v) is 5.43. The highest BCUT2D eigenvalue weighted by Crippen LogP contribution is 2.37. The third-order valence-electron chi connectivity index (χ3n) is 4.18. The van der Waals surface area contributed by atoms with Gasteiger partial charge in [0, 0.05) is 37.5 Å². The van der Waals surface area contributed by atoms with Crippen molar-refractivity contribution in [3.8, 4) is 0 Å². The first-order valence-corrected chi connectivity index (χ1v) is 7.21. The van der Waals surface area contributed by atoms with Gasteiger partial charge in [0.2, 0.25) is 5.78 Å². The zero-order chi connectivity index (χ0) is 15.9. The summed E-state index contributed by atoms with van der Waals surface area (Å²) < 4.78 is 0. The minimum absolute atomic E-state index is 0.153. The maximum Gasteiger partial charge on any atom is 0.326 e. The summed E-state index contributed by atoms with van der Waals surface area (Å²) in [6.45, 7) is 1.02. The van der Waals surface area contributed by atoms with Crippen LogP contribution < -0.4 is 5.73 Å². The fourth-order valence-electron chi connectivity index (χ4n) is 3.13. The van der Waals surface area contributed by atoms with Gasteiger partial charge >= 0.3 is 5.97 Å². The van der Waals surface area contributed by atoms with Gasteiger partial charge in [-0.25, -0.2) is 4.79 Å². The second-order valence-electron chi connectivity index (χ2n) is 5.43. The van der Waals surface area contributed by atoms with Crippen molar-refractivity contribution >= 4 is 23.2 Å². The van der Waals surface area contributed by atoms with Crippen molar-refractivity contribution < 1.29 is 14.7 Å². The molecule has 116 valence electrons. The number of aliphatic imine (C=N–C) groups is 1. The number of Topliss-reactive ketones (excluding diaryl/α,β-unsaturated/α-hetero) is 1. The Morgan fingerprint density at radius 2 is 2.36 bits per heavy atom. The predicted molar refractivity (Wildman–Crippen MR) is 82.0 cm³/mol. The number of nitrogens with two attached hydrogens (primary N) is 1. The molecule has 2 aliphatic rings. The third-order valence-corrected chi connectivity index (χ3v) is 4.18. The monoisotopic (exact) mass is 302 g/mol. The number of nitrogens with zero attached hydrogens (tertiary/aromatic N) is 2. The van der Waals surface area contributed by atoms with Crippen LogP contribution in [0.5, 0.6) is 0 Å². The molecular formula is C15H18N4O3. The molecular weight excluding hydrogens is 284 g/mol. The molecule has 1 aliphatic heterocycles. The zero-order valence-corrected chi connectivity index (χ0v) is 12.3. The van der Waals surface area contributed by atoms with Crippen LogP contribution in [0.2, 0.25) is 0 Å². The maximum atomic E-state index is 12.3. The molecule has 0 radical (unpaired) electrons. The molecule has 0 fully saturated rings. The number of rotatable bonds is 4. The van der Waals surface area contributed by atoms with Crippen LogP contribution in [0.3, 0.4) is 0 Å². The average molecular weight is 302 g/mol. The summed E-state index contributed by atoms with van der Waals surface area (Å²) in [5, 5.41) is 9.54. The van der Waals surface area contributed by atoms with Gasteiger partial charge in [-0.1, -0.05) is 0 Å². The molecule has 0 saturated carbocycles. The molecule has 7 heteroatoms. The Hall–Kier alpha value is -2.41. The molecule has 3 rings (SSSR count). The normalized spacial score (nSPS) is 21.8. The minimum Gasteiger partial charge on any atom is -0.480 e. The van der Waals surface area contributed by atoms with Gasteiger partial charge in [-0.3, -0.25) is 9.79 Å². The number of aliphatic carboxylic acids is 1. The predicted octanol–water partition coefficient (Wildman–Crippen LogP) is 0.283. The van der Waals surface area contributed by atoms with E-state index >= 15 is 0 Å². The van der Waals surface area contributed by atoms with Crippen LogP contribution in [0.25, 0.3) is 5.70 Å². The van der Waals surface area contributed by atoms with Crippen LogP contribution in [0.4, 0.5) is 0 Å². The second kappa shape index (κ2) is 5.42. The van der Waals surface area contributed by atoms with Gasteiger partial charge < -0.3 is 20.7 Å². The molecule has 1 aromatic rings. The quantitative estimate of drug-likeness (QED) is 0.740. The van der Waals surface area contributed by atoms with E-state index in [2.05, 4.69) is 9.98 Å². The maximum absolute atomic E-state index is 12.3. The Kier molecular flexibility index (Phi) is 3.58. The number of carboxylic acids is 1. The molecule has 0 aromatic carbocycles. The molecule has 22 heavy (non-hydrogen) atoms. The lowest BCUT2D eigenvalue weighted by Gasteiger charge is -2.38. The number of hydrogen-bond acceptors (Lipinski definition) is 5. The number of H-pyrrole nitrogens is 1. The van der Waals surface area contributed by atoms with Crippen molar-refractivity contribution in [2.75, 3.05) is 20.1 Å². The van der Waals surface area contributed by atoms with Gasteiger partial charge in [0.05, 0.1) is 5.69 Å². The standard InChI is InChI=1S/C15H18N4O3/c1-17-9-6-10-12-8(7-18-13(12)14(9)20)5-11(15(21)22)19(10)4-2-3-16/h6-7,11,18H,2-5,16H2,1H3,(H,21,22)/t11-/m0/s1. The van der Waals surface area contributed by atoms with Crippen molar-refractivity contribution in [2.45, 2.75) is 18.9 Å². The third kappa shape index (κ3) is 2.05. The lowest BCUT2D eigenvalue weighted by atomic mass is 9.87. The van der Waals surface area contributed by atoms with Gasteiger partial charge in [-0.05, 0) is 24.6 Å². The summed E-state index contributed by atoms with van der Waals surface area (Å²) in [7, 11) is 1.56. The Bertz CT molecular complexity index is 702. The fraction of sp³-hybridized carbons (Fsp3) is 0.400. The van der Waals surface area contributed by atoms with Crippen LogP contribution in [0.1, 0.15) is 28.0 Å². The summed E-state index contributed by atoms with van der Waals surface area (Å²) in [4.78, 5) is 32.8. The van der Waals surface area contributed by atoms with Crippen molar-refractivity contribution in [2.24, 2.45) is 10.7 Å². The van der Waals surface area contributed by atoms with E-state index in [1.165, 1.54) is 0 Å². The number of carbonyl (C=O) groups is 2. The lowest BCUT2D eigenvalue weighted by Crippen LogP contribution is -2.46. The number of allylic oxidation sites excluding steroid dienone is 1. The number of ketones is 1. The van der Waals surface area contributed by atoms with E-state index < -0.39 is 12.0 Å². The van der Waals surface area contributed by atoms with Crippen LogP contribution in [0.15, 0.2) is 17.3 Å². The lowest BCUT2D eigenvalue weighted by molar-refractivity contribution is -0.142. The number of carboxylic acid groups (broad SMARTS) is 1. The summed E-state index contributed by atoms with van der Waals surface area (Å²) >= 11 is 0. The molecule has 2 heterocycles. The van der Waals surface area contributed by atoms with E-state index in [9.17, 15) is 14.7 Å². The molecule has 7 nitrogen and oxygen atoms in total. The molecule has 0 bridgehead atoms. The van der Waals surface area contributed by atoms with Crippen LogP contribution in [-0.4, -0.2) is 58.6 Å². The first kappa shape index (κ1) is 14.5. The van der Waals surface area contributed by atoms with Gasteiger partial charge in [0.25, 0.3) is 0 Å².